The molecule has 0 amide bonds. The summed E-state index contributed by atoms with van der Waals surface area (Å²) in [5.74, 6) is 0. The molecule has 6 N–H and O–H groups in total. The molecule has 1 rings (SSSR count). The van der Waals surface area contributed by atoms with Gasteiger partial charge in [-0.05, 0) is 0 Å². The van der Waals surface area contributed by atoms with Gasteiger partial charge in [0.2, 0.25) is 0 Å². The second-order valence-corrected chi connectivity index (χ2v) is 3.96. The number of ether oxygens (including phenoxy) is 5. The summed E-state index contributed by atoms with van der Waals surface area (Å²) in [5.41, 5.74) is 0. The van der Waals surface area contributed by atoms with E-state index >= 15 is 0 Å². The first-order valence-electron chi connectivity index (χ1n) is 7.93. The smallest absolute Gasteiger partial charge is 0.457 e. The van der Waals surface area contributed by atoms with Gasteiger partial charge in [0.15, 0.2) is 0 Å². The quantitative estimate of drug-likeness (QED) is 0.156. The van der Waals surface area contributed by atoms with Crippen LogP contribution >= 0.6 is 0 Å². The molecule has 18 heteroatoms. The summed E-state index contributed by atoms with van der Waals surface area (Å²) >= 11 is 0. The molecule has 0 aromatic rings. The molecule has 0 aromatic heterocycles. The van der Waals surface area contributed by atoms with Gasteiger partial charge in [-0.2, -0.15) is 10.5 Å². The van der Waals surface area contributed by atoms with E-state index < -0.39 is 10.2 Å². The predicted octanol–water partition coefficient (Wildman–Crippen LogP) is -1.18. The number of rotatable bonds is 0. The van der Waals surface area contributed by atoms with E-state index in [1.807, 2.05) is 0 Å². The van der Waals surface area contributed by atoms with Crippen molar-refractivity contribution in [3.8, 4) is 12.1 Å². The molecule has 0 aliphatic carbocycles. The van der Waals surface area contributed by atoms with E-state index in [-0.39, 0.29) is 27.4 Å². The number of hydrogen-bond acceptors (Lipinski definition) is 13. The molecule has 1 fully saturated rings. The Balaban J connectivity index is -0.0000000617. The first kappa shape index (κ1) is 47.4. The molecule has 0 aromatic carbocycles. The van der Waals surface area contributed by atoms with Gasteiger partial charge in [-0.3, -0.25) is 0 Å². The molecule has 1 aliphatic rings. The number of nitrogens with zero attached hydrogens (tertiary/aromatic N) is 4. The summed E-state index contributed by atoms with van der Waals surface area (Å²) < 4.78 is 26.4. The molecule has 0 radical (unpaired) electrons. The minimum Gasteiger partial charge on any atom is -0.457 e. The van der Waals surface area contributed by atoms with Crippen LogP contribution in [-0.4, -0.2) is 76.2 Å². The number of nitriles is 2. The molecule has 0 atom stereocenters. The van der Waals surface area contributed by atoms with Gasteiger partial charge >= 0.3 is 16.5 Å². The van der Waals surface area contributed by atoms with Crippen LogP contribution in [0.15, 0.2) is 0 Å². The predicted molar refractivity (Wildman–Crippen MR) is 107 cm³/mol. The Morgan fingerprint density at radius 1 is 0.562 bits per heavy atom. The third-order valence-corrected chi connectivity index (χ3v) is 1.86. The van der Waals surface area contributed by atoms with Crippen LogP contribution in [0.2, 0.25) is 0 Å². The van der Waals surface area contributed by atoms with E-state index in [0.717, 1.165) is 0 Å². The van der Waals surface area contributed by atoms with E-state index in [4.69, 9.17) is 64.9 Å². The fraction of sp³-hybridized carbons (Fsp3) is 0.857. The van der Waals surface area contributed by atoms with Crippen molar-refractivity contribution in [1.29, 1.82) is 10.5 Å². The molecule has 1 saturated heterocycles. The second kappa shape index (κ2) is 51.3. The van der Waals surface area contributed by atoms with Crippen LogP contribution in [0.1, 0.15) is 13.8 Å². The first-order chi connectivity index (χ1) is 13.8. The van der Waals surface area contributed by atoms with E-state index in [1.165, 1.54) is 13.8 Å². The Morgan fingerprint density at radius 2 is 0.625 bits per heavy atom. The van der Waals surface area contributed by atoms with Gasteiger partial charge in [-0.15, -0.1) is 0 Å². The van der Waals surface area contributed by atoms with Crippen molar-refractivity contribution in [3.05, 3.63) is 30.6 Å². The topological polar surface area (TPSA) is 292 Å². The SMILES string of the molecule is C1COCCOCCOCCOCCO1.CC#N.CC#N.O=[N+]([O-])[O-].O=[N+]([O-])[O-].[Ni+2].[OH3+].[OH3+]. The molecule has 17 nitrogen and oxygen atoms in total. The molecule has 1 aliphatic heterocycles. The molecule has 0 bridgehead atoms. The summed E-state index contributed by atoms with van der Waals surface area (Å²) in [6.45, 7) is 8.97. The zero-order valence-corrected chi connectivity index (χ0v) is 18.8. The summed E-state index contributed by atoms with van der Waals surface area (Å²) in [5, 5.41) is 44.1. The van der Waals surface area contributed by atoms with Gasteiger partial charge in [-0.1, -0.05) is 0 Å². The average molecular weight is 523 g/mol. The Morgan fingerprint density at radius 3 is 0.688 bits per heavy atom. The third-order valence-electron chi connectivity index (χ3n) is 1.86. The van der Waals surface area contributed by atoms with Crippen LogP contribution < -0.4 is 0 Å². The zero-order chi connectivity index (χ0) is 23.2. The maximum absolute atomic E-state index is 8.25. The molecular weight excluding hydrogens is 491 g/mol. The Hall–Kier alpha value is -2.41. The Kier molecular flexibility index (Phi) is 76.0. The van der Waals surface area contributed by atoms with Crippen molar-refractivity contribution in [1.82, 2.24) is 0 Å². The number of hydrogen-bond donors (Lipinski definition) is 0. The van der Waals surface area contributed by atoms with Gasteiger partial charge in [0.25, 0.3) is 0 Å². The fourth-order valence-corrected chi connectivity index (χ4v) is 1.10. The molecule has 0 unspecified atom stereocenters. The van der Waals surface area contributed by atoms with Gasteiger partial charge in [0.1, 0.15) is 0 Å². The largest absolute Gasteiger partial charge is 2.00 e. The fourth-order valence-electron chi connectivity index (χ4n) is 1.10. The minimum atomic E-state index is -1.75. The molecule has 1 heterocycles. The summed E-state index contributed by atoms with van der Waals surface area (Å²) in [7, 11) is 0. The average Bonchev–Trinajstić information content (AvgIpc) is 2.61. The van der Waals surface area contributed by atoms with Gasteiger partial charge in [0, 0.05) is 13.8 Å². The Bertz CT molecular complexity index is 345. The Labute approximate surface area is 195 Å². The van der Waals surface area contributed by atoms with Crippen molar-refractivity contribution in [3.63, 3.8) is 0 Å². The summed E-state index contributed by atoms with van der Waals surface area (Å²) in [6, 6.07) is 3.50. The van der Waals surface area contributed by atoms with Crippen LogP contribution in [0.25, 0.3) is 0 Å². The van der Waals surface area contributed by atoms with E-state index in [9.17, 15) is 0 Å². The van der Waals surface area contributed by atoms with Crippen molar-refractivity contribution >= 4 is 0 Å². The third kappa shape index (κ3) is 123. The van der Waals surface area contributed by atoms with Gasteiger partial charge in [0.05, 0.1) is 88.4 Å². The van der Waals surface area contributed by atoms with Crippen LogP contribution in [0.5, 0.6) is 0 Å². The maximum Gasteiger partial charge on any atom is 2.00 e. The molecular formula is C14H32N4NiO13+2. The van der Waals surface area contributed by atoms with Crippen LogP contribution in [0.3, 0.4) is 0 Å². The van der Waals surface area contributed by atoms with Crippen molar-refractivity contribution < 1.29 is 61.3 Å². The molecule has 32 heavy (non-hydrogen) atoms. The van der Waals surface area contributed by atoms with Crippen molar-refractivity contribution in [2.24, 2.45) is 0 Å². The van der Waals surface area contributed by atoms with Gasteiger partial charge in [-0.25, -0.2) is 0 Å². The van der Waals surface area contributed by atoms with Crippen LogP contribution in [0, 0.1) is 53.3 Å². The maximum atomic E-state index is 8.25. The zero-order valence-electron chi connectivity index (χ0n) is 17.8. The van der Waals surface area contributed by atoms with E-state index in [1.54, 1.807) is 12.1 Å². The van der Waals surface area contributed by atoms with Crippen molar-refractivity contribution in [2.45, 2.75) is 13.8 Å². The molecule has 0 saturated carbocycles. The van der Waals surface area contributed by atoms with Gasteiger partial charge < -0.3 is 65.3 Å². The first-order valence-corrected chi connectivity index (χ1v) is 7.93. The van der Waals surface area contributed by atoms with Crippen molar-refractivity contribution in [2.75, 3.05) is 66.1 Å². The van der Waals surface area contributed by atoms with Crippen LogP contribution in [0.4, 0.5) is 0 Å². The normalized spacial score (nSPS) is 13.2. The summed E-state index contributed by atoms with van der Waals surface area (Å²) in [4.78, 5) is 16.5. The van der Waals surface area contributed by atoms with E-state index in [2.05, 4.69) is 0 Å². The standard InChI is InChI=1S/C10H20O5.2C2H3N.2NO3.Ni.2H2O/c1-2-12-5-6-14-9-10-15-8-7-13-4-3-11-1;2*1-2-3;2*2-1(3)4;;;/h1-10H2;2*1H3;;;;2*1H2/q;;;2*-1;+2;;/p+2. The second-order valence-electron chi connectivity index (χ2n) is 3.96. The van der Waals surface area contributed by atoms with Crippen LogP contribution in [-0.2, 0) is 51.1 Å². The van der Waals surface area contributed by atoms with E-state index in [0.29, 0.717) is 66.1 Å². The summed E-state index contributed by atoms with van der Waals surface area (Å²) in [6.07, 6.45) is 0. The molecule has 194 valence electrons. The monoisotopic (exact) mass is 522 g/mol. The minimum absolute atomic E-state index is 0. The molecule has 0 spiro atoms.